The molecular weight excluding hydrogens is 653 g/mol. The number of benzene rings is 7. The van der Waals surface area contributed by atoms with Crippen LogP contribution in [0.25, 0.3) is 89.5 Å². The summed E-state index contributed by atoms with van der Waals surface area (Å²) in [6.07, 6.45) is 0. The first-order valence-corrected chi connectivity index (χ1v) is 17.4. The van der Waals surface area contributed by atoms with Crippen LogP contribution in [0, 0.1) is 0 Å². The third kappa shape index (κ3) is 5.86. The van der Waals surface area contributed by atoms with E-state index in [1.165, 1.54) is 0 Å². The molecule has 0 N–H and O–H groups in total. The molecule has 0 atom stereocenters. The summed E-state index contributed by atoms with van der Waals surface area (Å²) in [4.78, 5) is 14.6. The van der Waals surface area contributed by atoms with E-state index in [0.717, 1.165) is 66.4 Å². The fraction of sp³-hybridized carbons (Fsp3) is 0. The number of aromatic nitrogens is 3. The van der Waals surface area contributed by atoms with Gasteiger partial charge in [-0.15, -0.1) is 16.4 Å². The highest BCUT2D eigenvalue weighted by molar-refractivity contribution is 6.68. The van der Waals surface area contributed by atoms with Gasteiger partial charge >= 0.3 is 0 Å². The van der Waals surface area contributed by atoms with Gasteiger partial charge in [-0.2, -0.15) is 0 Å². The monoisotopic (exact) mass is 677 g/mol. The second kappa shape index (κ2) is 13.6. The van der Waals surface area contributed by atoms with Crippen molar-refractivity contribution < 1.29 is 4.42 Å². The van der Waals surface area contributed by atoms with Crippen LogP contribution in [-0.4, -0.2) is 54.2 Å². The first-order valence-electron chi connectivity index (χ1n) is 17.4. The Bertz CT molecular complexity index is 2770. The molecule has 2 aromatic heterocycles. The summed E-state index contributed by atoms with van der Waals surface area (Å²) in [6, 6.07) is 48.6. The van der Waals surface area contributed by atoms with Gasteiger partial charge in [0.25, 0.3) is 0 Å². The topological polar surface area (TPSA) is 51.8 Å². The van der Waals surface area contributed by atoms with Gasteiger partial charge in [-0.25, -0.2) is 15.0 Å². The summed E-state index contributed by atoms with van der Waals surface area (Å²) in [5.41, 5.74) is 11.0. The second-order valence-electron chi connectivity index (χ2n) is 13.1. The molecule has 7 aromatic carbocycles. The van der Waals surface area contributed by atoms with Crippen LogP contribution in [0.4, 0.5) is 0 Å². The third-order valence-corrected chi connectivity index (χ3v) is 9.86. The van der Waals surface area contributed by atoms with Gasteiger partial charge in [0.1, 0.15) is 50.4 Å². The standard InChI is InChI=1S/C45H24B5N3O/c46-37-36(38(47)40(49)41(50)39(37)48)28-20-16-26(17-21-28)25-14-18-27(19-15-25)32-12-7-13-34-33-23-22-31(24-35(33)54-42(32)34)45-52-43(29-8-3-1-4-9-29)51-44(53-45)30-10-5-2-6-11-30/h1-24H. The molecule has 0 amide bonds. The third-order valence-electron chi connectivity index (χ3n) is 9.86. The zero-order valence-electron chi connectivity index (χ0n) is 29.0. The summed E-state index contributed by atoms with van der Waals surface area (Å²) >= 11 is 0. The van der Waals surface area contributed by atoms with Crippen molar-refractivity contribution in [3.63, 3.8) is 0 Å². The number of furan rings is 1. The van der Waals surface area contributed by atoms with Crippen molar-refractivity contribution >= 4 is 88.5 Å². The Balaban J connectivity index is 1.05. The van der Waals surface area contributed by atoms with Crippen molar-refractivity contribution in [1.29, 1.82) is 0 Å². The van der Waals surface area contributed by atoms with E-state index in [0.29, 0.717) is 34.0 Å². The van der Waals surface area contributed by atoms with E-state index in [1.807, 2.05) is 97.1 Å². The summed E-state index contributed by atoms with van der Waals surface area (Å²) in [5, 5.41) is 2.04. The van der Waals surface area contributed by atoms with E-state index >= 15 is 0 Å². The maximum absolute atomic E-state index is 6.63. The normalized spacial score (nSPS) is 11.3. The largest absolute Gasteiger partial charge is 0.455 e. The van der Waals surface area contributed by atoms with Crippen LogP contribution >= 0.6 is 0 Å². The van der Waals surface area contributed by atoms with E-state index in [2.05, 4.69) is 48.5 Å². The van der Waals surface area contributed by atoms with E-state index in [1.54, 1.807) is 0 Å². The molecular formula is C45H24B5N3O. The van der Waals surface area contributed by atoms with Crippen molar-refractivity contribution in [2.24, 2.45) is 0 Å². The first-order chi connectivity index (χ1) is 26.3. The lowest BCUT2D eigenvalue weighted by Crippen LogP contribution is -2.55. The zero-order valence-corrected chi connectivity index (χ0v) is 29.0. The molecule has 9 rings (SSSR count). The van der Waals surface area contributed by atoms with Gasteiger partial charge < -0.3 is 4.42 Å². The maximum atomic E-state index is 6.63. The van der Waals surface area contributed by atoms with E-state index in [-0.39, 0.29) is 16.4 Å². The Labute approximate surface area is 319 Å². The molecule has 54 heavy (non-hydrogen) atoms. The van der Waals surface area contributed by atoms with Crippen molar-refractivity contribution in [1.82, 2.24) is 15.0 Å². The molecule has 0 bridgehead atoms. The number of nitrogens with zero attached hydrogens (tertiary/aromatic N) is 3. The number of hydrogen-bond donors (Lipinski definition) is 0. The average Bonchev–Trinajstić information content (AvgIpc) is 3.61. The summed E-state index contributed by atoms with van der Waals surface area (Å²) in [6.45, 7) is 0. The Kier molecular flexibility index (Phi) is 8.43. The minimum Gasteiger partial charge on any atom is -0.455 e. The van der Waals surface area contributed by atoms with Gasteiger partial charge in [-0.1, -0.05) is 144 Å². The Morgan fingerprint density at radius 1 is 0.352 bits per heavy atom. The summed E-state index contributed by atoms with van der Waals surface area (Å²) < 4.78 is 6.63. The maximum Gasteiger partial charge on any atom is 0.164 e. The van der Waals surface area contributed by atoms with Crippen LogP contribution in [0.15, 0.2) is 150 Å². The van der Waals surface area contributed by atoms with Gasteiger partial charge in [-0.05, 0) is 39.9 Å². The highest BCUT2D eigenvalue weighted by atomic mass is 16.3. The summed E-state index contributed by atoms with van der Waals surface area (Å²) in [5.74, 6) is 1.79. The van der Waals surface area contributed by atoms with Gasteiger partial charge in [0.05, 0.1) is 0 Å². The van der Waals surface area contributed by atoms with Gasteiger partial charge in [0, 0.05) is 33.0 Å². The smallest absolute Gasteiger partial charge is 0.164 e. The minimum atomic E-state index is 0.198. The van der Waals surface area contributed by atoms with Gasteiger partial charge in [-0.3, -0.25) is 0 Å². The quantitative estimate of drug-likeness (QED) is 0.211. The molecule has 0 spiro atoms. The lowest BCUT2D eigenvalue weighted by Gasteiger charge is -2.21. The fourth-order valence-electron chi connectivity index (χ4n) is 6.93. The van der Waals surface area contributed by atoms with Crippen LogP contribution in [0.2, 0.25) is 0 Å². The average molecular weight is 677 g/mol. The van der Waals surface area contributed by atoms with Crippen LogP contribution in [0.5, 0.6) is 0 Å². The second-order valence-corrected chi connectivity index (χ2v) is 13.1. The molecule has 0 aliphatic rings. The minimum absolute atomic E-state index is 0.198. The molecule has 2 heterocycles. The van der Waals surface area contributed by atoms with Crippen LogP contribution in [0.1, 0.15) is 0 Å². The molecule has 9 heteroatoms. The Morgan fingerprint density at radius 2 is 0.815 bits per heavy atom. The number of fused-ring (bicyclic) bond motifs is 3. The first kappa shape index (κ1) is 33.5. The fourth-order valence-corrected chi connectivity index (χ4v) is 6.93. The highest BCUT2D eigenvalue weighted by Gasteiger charge is 2.17. The lowest BCUT2D eigenvalue weighted by molar-refractivity contribution is 0.670. The molecule has 0 unspecified atom stereocenters. The van der Waals surface area contributed by atoms with Crippen LogP contribution in [-0.2, 0) is 0 Å². The predicted molar refractivity (Wildman–Crippen MR) is 227 cm³/mol. The van der Waals surface area contributed by atoms with Gasteiger partial charge in [0.15, 0.2) is 17.5 Å². The van der Waals surface area contributed by atoms with Crippen molar-refractivity contribution in [2.75, 3.05) is 0 Å². The van der Waals surface area contributed by atoms with Crippen molar-refractivity contribution in [3.8, 4) is 67.5 Å². The Hall–Kier alpha value is -6.33. The number of para-hydroxylation sites is 1. The van der Waals surface area contributed by atoms with Crippen LogP contribution in [0.3, 0.4) is 0 Å². The molecule has 0 saturated heterocycles. The predicted octanol–water partition coefficient (Wildman–Crippen LogP) is 5.74. The molecule has 4 nitrogen and oxygen atoms in total. The summed E-state index contributed by atoms with van der Waals surface area (Å²) in [7, 11) is 30.8. The molecule has 240 valence electrons. The molecule has 0 saturated carbocycles. The molecule has 0 aliphatic heterocycles. The van der Waals surface area contributed by atoms with Gasteiger partial charge in [0.2, 0.25) is 0 Å². The zero-order chi connectivity index (χ0) is 36.9. The van der Waals surface area contributed by atoms with Crippen molar-refractivity contribution in [2.45, 2.75) is 0 Å². The molecule has 9 aromatic rings. The molecule has 0 aliphatic carbocycles. The van der Waals surface area contributed by atoms with E-state index < -0.39 is 0 Å². The SMILES string of the molecule is [B]c1c([B])c([B])c(-c2ccc(-c3ccc(-c4cccc5c4oc4cc(-c6nc(-c7ccccc7)nc(-c7ccccc7)n6)ccc45)cc3)cc2)c([B])c1[B]. The molecule has 10 radical (unpaired) electrons. The molecule has 0 fully saturated rings. The Morgan fingerprint density at radius 3 is 1.37 bits per heavy atom. The van der Waals surface area contributed by atoms with E-state index in [4.69, 9.17) is 58.6 Å². The number of hydrogen-bond acceptors (Lipinski definition) is 4. The van der Waals surface area contributed by atoms with Crippen molar-refractivity contribution in [3.05, 3.63) is 146 Å². The number of rotatable bonds is 6. The van der Waals surface area contributed by atoms with E-state index in [9.17, 15) is 0 Å². The lowest BCUT2D eigenvalue weighted by atomic mass is 9.59. The van der Waals surface area contributed by atoms with Crippen LogP contribution < -0.4 is 27.3 Å². The highest BCUT2D eigenvalue weighted by Crippen LogP contribution is 2.38.